The van der Waals surface area contributed by atoms with Crippen molar-refractivity contribution in [3.8, 4) is 0 Å². The topological polar surface area (TPSA) is 38.0 Å². The van der Waals surface area contributed by atoms with Crippen molar-refractivity contribution in [3.05, 3.63) is 72.3 Å². The summed E-state index contributed by atoms with van der Waals surface area (Å²) < 4.78 is 2.12. The highest BCUT2D eigenvalue weighted by molar-refractivity contribution is 7.98. The lowest BCUT2D eigenvalue weighted by Gasteiger charge is -2.14. The predicted octanol–water partition coefficient (Wildman–Crippen LogP) is 4.65. The Morgan fingerprint density at radius 1 is 1.00 bits per heavy atom. The summed E-state index contributed by atoms with van der Waals surface area (Å²) in [6, 6.07) is 22.3. The number of imidazole rings is 1. The molecule has 120 valence electrons. The van der Waals surface area contributed by atoms with Crippen molar-refractivity contribution < 1.29 is 5.11 Å². The summed E-state index contributed by atoms with van der Waals surface area (Å²) in [5, 5.41) is 13.9. The van der Waals surface area contributed by atoms with Gasteiger partial charge in [-0.1, -0.05) is 72.4 Å². The number of hydrogen-bond donors (Lipinski definition) is 1. The van der Waals surface area contributed by atoms with Crippen LogP contribution >= 0.6 is 11.8 Å². The smallest absolute Gasteiger partial charge is 0.168 e. The Hall–Kier alpha value is -2.30. The zero-order chi connectivity index (χ0) is 16.5. The lowest BCUT2D eigenvalue weighted by molar-refractivity contribution is 0.155. The number of rotatable bonds is 4. The van der Waals surface area contributed by atoms with E-state index < -0.39 is 6.10 Å². The van der Waals surface area contributed by atoms with Crippen molar-refractivity contribution >= 4 is 33.6 Å². The maximum Gasteiger partial charge on any atom is 0.168 e. The molecule has 4 aromatic rings. The monoisotopic (exact) mass is 334 g/mol. The Morgan fingerprint density at radius 2 is 1.75 bits per heavy atom. The second-order valence-electron chi connectivity index (χ2n) is 5.79. The number of fused-ring (bicyclic) bond motifs is 3. The highest BCUT2D eigenvalue weighted by atomic mass is 32.2. The predicted molar refractivity (Wildman–Crippen MR) is 100 cm³/mol. The largest absolute Gasteiger partial charge is 0.387 e. The van der Waals surface area contributed by atoms with Crippen molar-refractivity contribution in [1.29, 1.82) is 0 Å². The molecule has 0 radical (unpaired) electrons. The molecule has 4 heteroatoms. The molecule has 0 aliphatic rings. The Morgan fingerprint density at radius 3 is 2.54 bits per heavy atom. The fourth-order valence-corrected chi connectivity index (χ4v) is 3.70. The van der Waals surface area contributed by atoms with Gasteiger partial charge in [-0.3, -0.25) is 0 Å². The van der Waals surface area contributed by atoms with Gasteiger partial charge in [-0.25, -0.2) is 4.98 Å². The van der Waals surface area contributed by atoms with Gasteiger partial charge in [0.15, 0.2) is 5.16 Å². The van der Waals surface area contributed by atoms with Gasteiger partial charge < -0.3 is 9.67 Å². The van der Waals surface area contributed by atoms with E-state index in [1.54, 1.807) is 11.8 Å². The van der Waals surface area contributed by atoms with Crippen LogP contribution in [0.3, 0.4) is 0 Å². The number of aromatic nitrogens is 2. The lowest BCUT2D eigenvalue weighted by atomic mass is 10.1. The first-order valence-electron chi connectivity index (χ1n) is 7.93. The third-order valence-corrected chi connectivity index (χ3v) is 5.01. The van der Waals surface area contributed by atoms with Crippen LogP contribution in [0.2, 0.25) is 0 Å². The SMILES string of the molecule is CSc1nc2c3ccccc3ccc2n1CC(O)c1ccccc1. The summed E-state index contributed by atoms with van der Waals surface area (Å²) in [5.41, 5.74) is 2.98. The summed E-state index contributed by atoms with van der Waals surface area (Å²) in [7, 11) is 0. The number of hydrogen-bond acceptors (Lipinski definition) is 3. The van der Waals surface area contributed by atoms with Crippen LogP contribution in [0.4, 0.5) is 0 Å². The van der Waals surface area contributed by atoms with Crippen LogP contribution in [-0.4, -0.2) is 20.9 Å². The fourth-order valence-electron chi connectivity index (χ4n) is 3.12. The zero-order valence-electron chi connectivity index (χ0n) is 13.4. The van der Waals surface area contributed by atoms with Gasteiger partial charge in [-0.15, -0.1) is 0 Å². The van der Waals surface area contributed by atoms with Crippen LogP contribution in [0.1, 0.15) is 11.7 Å². The molecule has 1 unspecified atom stereocenters. The molecule has 0 aliphatic heterocycles. The second kappa shape index (κ2) is 6.30. The quantitative estimate of drug-likeness (QED) is 0.552. The number of aliphatic hydroxyl groups is 1. The summed E-state index contributed by atoms with van der Waals surface area (Å²) in [5.74, 6) is 0. The van der Waals surface area contributed by atoms with Gasteiger partial charge in [0, 0.05) is 5.39 Å². The fraction of sp³-hybridized carbons (Fsp3) is 0.150. The van der Waals surface area contributed by atoms with E-state index in [1.165, 1.54) is 5.39 Å². The molecule has 3 aromatic carbocycles. The van der Waals surface area contributed by atoms with Gasteiger partial charge in [-0.2, -0.15) is 0 Å². The number of benzene rings is 3. The first kappa shape index (κ1) is 15.2. The van der Waals surface area contributed by atoms with Gasteiger partial charge in [0.2, 0.25) is 0 Å². The highest BCUT2D eigenvalue weighted by Gasteiger charge is 2.16. The Labute approximate surface area is 145 Å². The summed E-state index contributed by atoms with van der Waals surface area (Å²) in [4.78, 5) is 4.82. The third-order valence-electron chi connectivity index (χ3n) is 4.33. The van der Waals surface area contributed by atoms with E-state index in [9.17, 15) is 5.11 Å². The van der Waals surface area contributed by atoms with Crippen molar-refractivity contribution in [2.24, 2.45) is 0 Å². The summed E-state index contributed by atoms with van der Waals surface area (Å²) in [6.45, 7) is 0.495. The van der Waals surface area contributed by atoms with Crippen molar-refractivity contribution in [1.82, 2.24) is 9.55 Å². The molecule has 0 saturated carbocycles. The molecule has 0 aliphatic carbocycles. The molecular weight excluding hydrogens is 316 g/mol. The van der Waals surface area contributed by atoms with Crippen molar-refractivity contribution in [2.75, 3.05) is 6.26 Å². The van der Waals surface area contributed by atoms with Gasteiger partial charge in [0.1, 0.15) is 0 Å². The molecule has 1 heterocycles. The Balaban J connectivity index is 1.84. The van der Waals surface area contributed by atoms with Gasteiger partial charge >= 0.3 is 0 Å². The Bertz CT molecular complexity index is 995. The average Bonchev–Trinajstić information content (AvgIpc) is 3.00. The summed E-state index contributed by atoms with van der Waals surface area (Å²) in [6.07, 6.45) is 1.47. The van der Waals surface area contributed by atoms with Crippen LogP contribution in [0.5, 0.6) is 0 Å². The minimum Gasteiger partial charge on any atom is -0.387 e. The van der Waals surface area contributed by atoms with Gasteiger partial charge in [-0.05, 0) is 23.3 Å². The molecule has 4 rings (SSSR count). The van der Waals surface area contributed by atoms with E-state index in [0.29, 0.717) is 6.54 Å². The normalized spacial score (nSPS) is 12.8. The van der Waals surface area contributed by atoms with E-state index in [1.807, 2.05) is 48.7 Å². The summed E-state index contributed by atoms with van der Waals surface area (Å²) >= 11 is 1.61. The first-order chi connectivity index (χ1) is 11.8. The molecule has 1 N–H and O–H groups in total. The van der Waals surface area contributed by atoms with E-state index in [-0.39, 0.29) is 0 Å². The molecule has 24 heavy (non-hydrogen) atoms. The second-order valence-corrected chi connectivity index (χ2v) is 6.56. The van der Waals surface area contributed by atoms with Crippen molar-refractivity contribution in [3.63, 3.8) is 0 Å². The molecular formula is C20H18N2OS. The maximum atomic E-state index is 10.6. The van der Waals surface area contributed by atoms with Crippen LogP contribution in [0.15, 0.2) is 71.9 Å². The van der Waals surface area contributed by atoms with Crippen LogP contribution in [0, 0.1) is 0 Å². The molecule has 3 nitrogen and oxygen atoms in total. The molecule has 0 saturated heterocycles. The molecule has 1 atom stereocenters. The van der Waals surface area contributed by atoms with Crippen LogP contribution in [0.25, 0.3) is 21.8 Å². The first-order valence-corrected chi connectivity index (χ1v) is 9.15. The van der Waals surface area contributed by atoms with Gasteiger partial charge in [0.05, 0.1) is 23.7 Å². The third kappa shape index (κ3) is 2.58. The molecule has 0 fully saturated rings. The molecule has 0 bridgehead atoms. The Kier molecular flexibility index (Phi) is 4.00. The molecule has 1 aromatic heterocycles. The standard InChI is InChI=1S/C20H18N2OS/c1-24-20-21-19-16-10-6-5-7-14(16)11-12-17(19)22(20)13-18(23)15-8-3-2-4-9-15/h2-12,18,23H,13H2,1H3. The van der Waals surface area contributed by atoms with Crippen molar-refractivity contribution in [2.45, 2.75) is 17.8 Å². The minimum atomic E-state index is -0.555. The van der Waals surface area contributed by atoms with Crippen LogP contribution in [-0.2, 0) is 6.54 Å². The van der Waals surface area contributed by atoms with E-state index >= 15 is 0 Å². The highest BCUT2D eigenvalue weighted by Crippen LogP contribution is 2.30. The maximum absolute atomic E-state index is 10.6. The van der Waals surface area contributed by atoms with E-state index in [4.69, 9.17) is 4.98 Å². The van der Waals surface area contributed by atoms with Crippen LogP contribution < -0.4 is 0 Å². The van der Waals surface area contributed by atoms with Gasteiger partial charge in [0.25, 0.3) is 0 Å². The van der Waals surface area contributed by atoms with E-state index in [0.717, 1.165) is 27.1 Å². The molecule has 0 spiro atoms. The average molecular weight is 334 g/mol. The lowest BCUT2D eigenvalue weighted by Crippen LogP contribution is -2.09. The number of nitrogens with zero attached hydrogens (tertiary/aromatic N) is 2. The van der Waals surface area contributed by atoms with E-state index in [2.05, 4.69) is 28.8 Å². The number of aliphatic hydroxyl groups excluding tert-OH is 1. The molecule has 0 amide bonds. The zero-order valence-corrected chi connectivity index (χ0v) is 14.2. The number of thioether (sulfide) groups is 1. The minimum absolute atomic E-state index is 0.495.